The van der Waals surface area contributed by atoms with Gasteiger partial charge in [-0.3, -0.25) is 4.79 Å². The van der Waals surface area contributed by atoms with E-state index in [1.807, 2.05) is 60.9 Å². The first-order valence-electron chi connectivity index (χ1n) is 6.01. The number of thioether (sulfide) groups is 1. The van der Waals surface area contributed by atoms with E-state index in [0.29, 0.717) is 0 Å². The zero-order chi connectivity index (χ0) is 13.5. The lowest BCUT2D eigenvalue weighted by atomic mass is 10.3. The third kappa shape index (κ3) is 4.34. The number of rotatable bonds is 5. The summed E-state index contributed by atoms with van der Waals surface area (Å²) in [5.74, 6) is -0.0549. The van der Waals surface area contributed by atoms with Gasteiger partial charge in [0.1, 0.15) is 0 Å². The number of carbonyl (C=O) groups is 1. The number of carbonyl (C=O) groups excluding carboxylic acids is 1. The van der Waals surface area contributed by atoms with Crippen LogP contribution in [0.1, 0.15) is 0 Å². The number of para-hydroxylation sites is 1. The molecule has 0 aliphatic heterocycles. The Morgan fingerprint density at radius 2 is 1.79 bits per heavy atom. The maximum Gasteiger partial charge on any atom is 0.243 e. The smallest absolute Gasteiger partial charge is 0.243 e. The second kappa shape index (κ2) is 6.85. The molecule has 0 fully saturated rings. The Kier molecular flexibility index (Phi) is 4.86. The Morgan fingerprint density at radius 1 is 1.05 bits per heavy atom. The molecule has 0 saturated carbocycles. The highest BCUT2D eigenvalue weighted by Crippen LogP contribution is 2.18. The summed E-state index contributed by atoms with van der Waals surface area (Å²) in [6.07, 6.45) is 2.03. The van der Waals surface area contributed by atoms with Gasteiger partial charge >= 0.3 is 0 Å². The second-order valence-electron chi connectivity index (χ2n) is 4.00. The van der Waals surface area contributed by atoms with E-state index in [1.54, 1.807) is 11.8 Å². The van der Waals surface area contributed by atoms with Crippen LogP contribution in [-0.4, -0.2) is 18.7 Å². The van der Waals surface area contributed by atoms with Gasteiger partial charge < -0.3 is 10.6 Å². The molecule has 3 nitrogen and oxygen atoms in total. The van der Waals surface area contributed by atoms with Crippen molar-refractivity contribution in [3.05, 3.63) is 54.6 Å². The average Bonchev–Trinajstić information content (AvgIpc) is 2.46. The molecular formula is C15H16N2OS. The van der Waals surface area contributed by atoms with Crippen molar-refractivity contribution in [2.75, 3.05) is 23.4 Å². The quantitative estimate of drug-likeness (QED) is 0.819. The van der Waals surface area contributed by atoms with Gasteiger partial charge in [0.05, 0.1) is 6.54 Å². The van der Waals surface area contributed by atoms with E-state index in [2.05, 4.69) is 10.6 Å². The Balaban J connectivity index is 1.86. The maximum absolute atomic E-state index is 11.8. The lowest BCUT2D eigenvalue weighted by molar-refractivity contribution is -0.114. The molecule has 0 radical (unpaired) electrons. The molecule has 0 atom stereocenters. The molecule has 98 valence electrons. The molecule has 1 amide bonds. The summed E-state index contributed by atoms with van der Waals surface area (Å²) >= 11 is 1.68. The van der Waals surface area contributed by atoms with E-state index >= 15 is 0 Å². The lowest BCUT2D eigenvalue weighted by Gasteiger charge is -2.08. The van der Waals surface area contributed by atoms with Crippen molar-refractivity contribution in [3.8, 4) is 0 Å². The number of amides is 1. The molecule has 0 aliphatic carbocycles. The topological polar surface area (TPSA) is 41.1 Å². The predicted molar refractivity (Wildman–Crippen MR) is 81.8 cm³/mol. The third-order valence-corrected chi connectivity index (χ3v) is 3.31. The Hall–Kier alpha value is -1.94. The molecule has 2 N–H and O–H groups in total. The molecule has 2 aromatic rings. The van der Waals surface area contributed by atoms with E-state index in [0.717, 1.165) is 11.4 Å². The molecule has 2 rings (SSSR count). The fraction of sp³-hybridized carbons (Fsp3) is 0.133. The lowest BCUT2D eigenvalue weighted by Crippen LogP contribution is -2.21. The SMILES string of the molecule is CSc1cccc(NCC(=O)Nc2ccccc2)c1. The van der Waals surface area contributed by atoms with Gasteiger partial charge in [-0.2, -0.15) is 0 Å². The molecule has 0 aliphatic rings. The van der Waals surface area contributed by atoms with Crippen molar-refractivity contribution in [2.24, 2.45) is 0 Å². The highest BCUT2D eigenvalue weighted by Gasteiger charge is 2.02. The van der Waals surface area contributed by atoms with E-state index in [1.165, 1.54) is 4.90 Å². The first kappa shape index (κ1) is 13.5. The summed E-state index contributed by atoms with van der Waals surface area (Å²) in [6, 6.07) is 17.4. The van der Waals surface area contributed by atoms with Gasteiger partial charge in [0.15, 0.2) is 0 Å². The number of hydrogen-bond acceptors (Lipinski definition) is 3. The molecule has 0 aromatic heterocycles. The van der Waals surface area contributed by atoms with Crippen molar-refractivity contribution in [3.63, 3.8) is 0 Å². The number of benzene rings is 2. The van der Waals surface area contributed by atoms with Crippen LogP contribution in [0.5, 0.6) is 0 Å². The van der Waals surface area contributed by atoms with E-state index in [-0.39, 0.29) is 12.5 Å². The van der Waals surface area contributed by atoms with Crippen molar-refractivity contribution >= 4 is 29.0 Å². The van der Waals surface area contributed by atoms with Gasteiger partial charge in [-0.15, -0.1) is 11.8 Å². The van der Waals surface area contributed by atoms with Crippen molar-refractivity contribution < 1.29 is 4.79 Å². The minimum atomic E-state index is -0.0549. The molecule has 4 heteroatoms. The van der Waals surface area contributed by atoms with E-state index in [4.69, 9.17) is 0 Å². The molecule has 0 bridgehead atoms. The standard InChI is InChI=1S/C15H16N2OS/c1-19-14-9-5-8-13(10-14)16-11-15(18)17-12-6-3-2-4-7-12/h2-10,16H,11H2,1H3,(H,17,18). The summed E-state index contributed by atoms with van der Waals surface area (Å²) in [5, 5.41) is 5.95. The number of hydrogen-bond donors (Lipinski definition) is 2. The summed E-state index contributed by atoms with van der Waals surface area (Å²) in [4.78, 5) is 12.9. The van der Waals surface area contributed by atoms with Crippen LogP contribution < -0.4 is 10.6 Å². The predicted octanol–water partition coefficient (Wildman–Crippen LogP) is 3.46. The Labute approximate surface area is 117 Å². The fourth-order valence-electron chi connectivity index (χ4n) is 1.64. The normalized spacial score (nSPS) is 9.95. The molecule has 0 unspecified atom stereocenters. The molecule has 0 spiro atoms. The zero-order valence-corrected chi connectivity index (χ0v) is 11.5. The Bertz CT molecular complexity index is 543. The van der Waals surface area contributed by atoms with Gasteiger partial charge in [-0.05, 0) is 36.6 Å². The summed E-state index contributed by atoms with van der Waals surface area (Å²) in [5.41, 5.74) is 1.77. The van der Waals surface area contributed by atoms with Gasteiger partial charge in [0.2, 0.25) is 5.91 Å². The van der Waals surface area contributed by atoms with Crippen LogP contribution in [0.15, 0.2) is 59.5 Å². The summed E-state index contributed by atoms with van der Waals surface area (Å²) in [7, 11) is 0. The second-order valence-corrected chi connectivity index (χ2v) is 4.88. The van der Waals surface area contributed by atoms with Crippen LogP contribution in [0.2, 0.25) is 0 Å². The van der Waals surface area contributed by atoms with Crippen LogP contribution in [0.3, 0.4) is 0 Å². The molecule has 19 heavy (non-hydrogen) atoms. The van der Waals surface area contributed by atoms with Crippen LogP contribution in [0, 0.1) is 0 Å². The number of anilines is 2. The molecule has 0 saturated heterocycles. The van der Waals surface area contributed by atoms with Crippen molar-refractivity contribution in [1.82, 2.24) is 0 Å². The van der Waals surface area contributed by atoms with E-state index < -0.39 is 0 Å². The highest BCUT2D eigenvalue weighted by molar-refractivity contribution is 7.98. The third-order valence-electron chi connectivity index (χ3n) is 2.58. The van der Waals surface area contributed by atoms with Crippen molar-refractivity contribution in [1.29, 1.82) is 0 Å². The van der Waals surface area contributed by atoms with Crippen LogP contribution in [0.4, 0.5) is 11.4 Å². The monoisotopic (exact) mass is 272 g/mol. The number of nitrogens with one attached hydrogen (secondary N) is 2. The van der Waals surface area contributed by atoms with Gasteiger partial charge in [-0.1, -0.05) is 24.3 Å². The first-order valence-corrected chi connectivity index (χ1v) is 7.23. The van der Waals surface area contributed by atoms with Gasteiger partial charge in [-0.25, -0.2) is 0 Å². The highest BCUT2D eigenvalue weighted by atomic mass is 32.2. The van der Waals surface area contributed by atoms with Crippen LogP contribution in [0.25, 0.3) is 0 Å². The molecule has 2 aromatic carbocycles. The minimum absolute atomic E-state index is 0.0549. The maximum atomic E-state index is 11.8. The van der Waals surface area contributed by atoms with Gasteiger partial charge in [0.25, 0.3) is 0 Å². The summed E-state index contributed by atoms with van der Waals surface area (Å²) in [6.45, 7) is 0.257. The first-order chi connectivity index (χ1) is 9.28. The van der Waals surface area contributed by atoms with E-state index in [9.17, 15) is 4.79 Å². The van der Waals surface area contributed by atoms with Crippen LogP contribution in [-0.2, 0) is 4.79 Å². The van der Waals surface area contributed by atoms with Gasteiger partial charge in [0, 0.05) is 16.3 Å². The Morgan fingerprint density at radius 3 is 2.53 bits per heavy atom. The van der Waals surface area contributed by atoms with Crippen LogP contribution >= 0.6 is 11.8 Å². The molecule has 0 heterocycles. The summed E-state index contributed by atoms with van der Waals surface area (Å²) < 4.78 is 0. The zero-order valence-electron chi connectivity index (χ0n) is 10.7. The largest absolute Gasteiger partial charge is 0.376 e. The minimum Gasteiger partial charge on any atom is -0.376 e. The van der Waals surface area contributed by atoms with Crippen molar-refractivity contribution in [2.45, 2.75) is 4.90 Å². The average molecular weight is 272 g/mol. The molecular weight excluding hydrogens is 256 g/mol. The fourth-order valence-corrected chi connectivity index (χ4v) is 2.10.